The molecule has 1 fully saturated rings. The summed E-state index contributed by atoms with van der Waals surface area (Å²) in [5, 5.41) is 11.3. The van der Waals surface area contributed by atoms with Gasteiger partial charge in [0.2, 0.25) is 0 Å². The zero-order chi connectivity index (χ0) is 13.1. The van der Waals surface area contributed by atoms with Crippen molar-refractivity contribution in [1.82, 2.24) is 5.32 Å². The van der Waals surface area contributed by atoms with Crippen molar-refractivity contribution in [3.8, 4) is 0 Å². The fraction of sp³-hybridized carbons (Fsp3) is 0.889. The van der Waals surface area contributed by atoms with E-state index in [1.54, 1.807) is 11.8 Å². The fourth-order valence-electron chi connectivity index (χ4n) is 1.73. The molecule has 8 heteroatoms. The van der Waals surface area contributed by atoms with Gasteiger partial charge in [0.1, 0.15) is 6.04 Å². The van der Waals surface area contributed by atoms with Gasteiger partial charge in [0.05, 0.1) is 16.9 Å². The highest BCUT2D eigenvalue weighted by atomic mass is 35.5. The summed E-state index contributed by atoms with van der Waals surface area (Å²) >= 11 is 7.46. The summed E-state index contributed by atoms with van der Waals surface area (Å²) in [7, 11) is -3.13. The minimum absolute atomic E-state index is 0.0792. The molecule has 1 saturated heterocycles. The van der Waals surface area contributed by atoms with Crippen LogP contribution in [0.25, 0.3) is 0 Å². The number of halogens is 1. The van der Waals surface area contributed by atoms with Gasteiger partial charge >= 0.3 is 5.97 Å². The second-order valence-corrected chi connectivity index (χ2v) is 7.74. The molecule has 1 rings (SSSR count). The predicted octanol–water partition coefficient (Wildman–Crippen LogP) is 0.187. The second kappa shape index (κ2) is 6.26. The molecule has 1 aliphatic rings. The van der Waals surface area contributed by atoms with E-state index in [1.807, 2.05) is 6.26 Å². The first kappa shape index (κ1) is 15.1. The molecule has 0 radical (unpaired) electrons. The maximum Gasteiger partial charge on any atom is 0.320 e. The van der Waals surface area contributed by atoms with Crippen LogP contribution in [0.3, 0.4) is 0 Å². The first-order chi connectivity index (χ1) is 7.85. The number of rotatable bonds is 6. The average Bonchev–Trinajstić information content (AvgIpc) is 2.46. The van der Waals surface area contributed by atoms with Crippen molar-refractivity contribution in [1.29, 1.82) is 0 Å². The van der Waals surface area contributed by atoms with Crippen LogP contribution in [0.5, 0.6) is 0 Å². The standard InChI is InChI=1S/C9H16ClNO4S2/c1-16-3-2-7(9(12)13)11-8-5-17(14,15)4-6(8)10/h6-8,11H,2-5H2,1H3,(H,12,13). The van der Waals surface area contributed by atoms with E-state index in [9.17, 15) is 13.2 Å². The minimum Gasteiger partial charge on any atom is -0.480 e. The Labute approximate surface area is 110 Å². The van der Waals surface area contributed by atoms with Crippen LogP contribution >= 0.6 is 23.4 Å². The lowest BCUT2D eigenvalue weighted by Crippen LogP contribution is -2.47. The molecule has 0 amide bonds. The molecule has 5 nitrogen and oxygen atoms in total. The van der Waals surface area contributed by atoms with E-state index in [0.717, 1.165) is 0 Å². The van der Waals surface area contributed by atoms with Gasteiger partial charge in [-0.2, -0.15) is 11.8 Å². The van der Waals surface area contributed by atoms with Crippen LogP contribution in [0.15, 0.2) is 0 Å². The van der Waals surface area contributed by atoms with Crippen LogP contribution < -0.4 is 5.32 Å². The van der Waals surface area contributed by atoms with Gasteiger partial charge in [0.25, 0.3) is 0 Å². The molecule has 2 N–H and O–H groups in total. The molecule has 0 saturated carbocycles. The zero-order valence-electron chi connectivity index (χ0n) is 9.43. The van der Waals surface area contributed by atoms with Gasteiger partial charge in [-0.1, -0.05) is 0 Å². The molecular formula is C9H16ClNO4S2. The number of sulfone groups is 1. The van der Waals surface area contributed by atoms with Gasteiger partial charge in [0, 0.05) is 6.04 Å². The monoisotopic (exact) mass is 301 g/mol. The molecule has 0 aliphatic carbocycles. The van der Waals surface area contributed by atoms with Crippen LogP contribution in [-0.4, -0.2) is 60.5 Å². The largest absolute Gasteiger partial charge is 0.480 e. The molecule has 1 heterocycles. The Morgan fingerprint density at radius 3 is 2.65 bits per heavy atom. The van der Waals surface area contributed by atoms with E-state index in [1.165, 1.54) is 0 Å². The molecule has 3 unspecified atom stereocenters. The minimum atomic E-state index is -3.13. The lowest BCUT2D eigenvalue weighted by Gasteiger charge is -2.20. The average molecular weight is 302 g/mol. The number of nitrogens with one attached hydrogen (secondary N) is 1. The molecule has 0 aromatic rings. The maximum absolute atomic E-state index is 11.3. The third-order valence-corrected chi connectivity index (χ3v) is 5.63. The van der Waals surface area contributed by atoms with Crippen molar-refractivity contribution in [3.05, 3.63) is 0 Å². The number of thioether (sulfide) groups is 1. The first-order valence-electron chi connectivity index (χ1n) is 5.18. The molecule has 17 heavy (non-hydrogen) atoms. The Kier molecular flexibility index (Phi) is 5.56. The van der Waals surface area contributed by atoms with E-state index in [2.05, 4.69) is 5.32 Å². The summed E-state index contributed by atoms with van der Waals surface area (Å²) < 4.78 is 22.7. The van der Waals surface area contributed by atoms with Gasteiger partial charge in [-0.25, -0.2) is 8.42 Å². The van der Waals surface area contributed by atoms with Gasteiger partial charge in [-0.15, -0.1) is 11.6 Å². The summed E-state index contributed by atoms with van der Waals surface area (Å²) in [6, 6.07) is -1.20. The van der Waals surface area contributed by atoms with Crippen LogP contribution in [-0.2, 0) is 14.6 Å². The highest BCUT2D eigenvalue weighted by Gasteiger charge is 2.38. The molecule has 100 valence electrons. The second-order valence-electron chi connectivity index (χ2n) is 4.04. The number of hydrogen-bond donors (Lipinski definition) is 2. The van der Waals surface area contributed by atoms with E-state index < -0.39 is 33.3 Å². The van der Waals surface area contributed by atoms with Crippen molar-refractivity contribution < 1.29 is 18.3 Å². The Morgan fingerprint density at radius 1 is 1.59 bits per heavy atom. The summed E-state index contributed by atoms with van der Waals surface area (Å²) in [5.74, 6) is -0.422. The van der Waals surface area contributed by atoms with Gasteiger partial charge < -0.3 is 5.11 Å². The first-order valence-corrected chi connectivity index (χ1v) is 8.83. The number of carboxylic acid groups (broad SMARTS) is 1. The fourth-order valence-corrected chi connectivity index (χ4v) is 4.77. The lowest BCUT2D eigenvalue weighted by atomic mass is 10.1. The summed E-state index contributed by atoms with van der Waals surface area (Å²) in [6.45, 7) is 0. The van der Waals surface area contributed by atoms with E-state index >= 15 is 0 Å². The topological polar surface area (TPSA) is 83.5 Å². The number of aliphatic carboxylic acids is 1. The van der Waals surface area contributed by atoms with Crippen LogP contribution in [0.4, 0.5) is 0 Å². The number of carbonyl (C=O) groups is 1. The summed E-state index contributed by atoms with van der Waals surface area (Å²) in [5.41, 5.74) is 0. The predicted molar refractivity (Wildman–Crippen MR) is 69.6 cm³/mol. The molecular weight excluding hydrogens is 286 g/mol. The van der Waals surface area contributed by atoms with E-state index in [4.69, 9.17) is 16.7 Å². The Hall–Kier alpha value is 0.0200. The lowest BCUT2D eigenvalue weighted by molar-refractivity contribution is -0.139. The van der Waals surface area contributed by atoms with Crippen molar-refractivity contribution in [2.24, 2.45) is 0 Å². The van der Waals surface area contributed by atoms with Crippen molar-refractivity contribution in [2.45, 2.75) is 23.9 Å². The number of hydrogen-bond acceptors (Lipinski definition) is 5. The molecule has 0 aromatic heterocycles. The molecule has 0 bridgehead atoms. The van der Waals surface area contributed by atoms with Crippen LogP contribution in [0.2, 0.25) is 0 Å². The number of carboxylic acids is 1. The summed E-state index contributed by atoms with van der Waals surface area (Å²) in [4.78, 5) is 11.0. The quantitative estimate of drug-likeness (QED) is 0.681. The molecule has 0 aromatic carbocycles. The zero-order valence-corrected chi connectivity index (χ0v) is 11.8. The highest BCUT2D eigenvalue weighted by Crippen LogP contribution is 2.19. The van der Waals surface area contributed by atoms with Gasteiger partial charge in [-0.05, 0) is 18.4 Å². The summed E-state index contributed by atoms with van der Waals surface area (Å²) in [6.07, 6.45) is 2.35. The van der Waals surface area contributed by atoms with Gasteiger partial charge in [0.15, 0.2) is 9.84 Å². The third-order valence-electron chi connectivity index (χ3n) is 2.61. The van der Waals surface area contributed by atoms with Crippen molar-refractivity contribution >= 4 is 39.2 Å². The highest BCUT2D eigenvalue weighted by molar-refractivity contribution is 7.98. The number of alkyl halides is 1. The smallest absolute Gasteiger partial charge is 0.320 e. The van der Waals surface area contributed by atoms with E-state index in [-0.39, 0.29) is 11.5 Å². The van der Waals surface area contributed by atoms with Crippen LogP contribution in [0.1, 0.15) is 6.42 Å². The SMILES string of the molecule is CSCCC(NC1CS(=O)(=O)CC1Cl)C(=O)O. The van der Waals surface area contributed by atoms with E-state index in [0.29, 0.717) is 12.2 Å². The maximum atomic E-state index is 11.3. The normalized spacial score (nSPS) is 29.1. The van der Waals surface area contributed by atoms with Crippen molar-refractivity contribution in [2.75, 3.05) is 23.5 Å². The molecule has 1 aliphatic heterocycles. The molecule has 0 spiro atoms. The third kappa shape index (κ3) is 4.65. The molecule has 3 atom stereocenters. The van der Waals surface area contributed by atoms with Gasteiger partial charge in [-0.3, -0.25) is 10.1 Å². The Morgan fingerprint density at radius 2 is 2.24 bits per heavy atom. The van der Waals surface area contributed by atoms with Crippen molar-refractivity contribution in [3.63, 3.8) is 0 Å². The Balaban J connectivity index is 2.58. The Bertz CT molecular complexity index is 373. The van der Waals surface area contributed by atoms with Crippen LogP contribution in [0, 0.1) is 0 Å².